The van der Waals surface area contributed by atoms with Gasteiger partial charge in [-0.1, -0.05) is 66.2 Å². The quantitative estimate of drug-likeness (QED) is 0.335. The largest absolute Gasteiger partial charge is 0.352 e. The van der Waals surface area contributed by atoms with E-state index in [1.54, 1.807) is 0 Å². The molecule has 110 valence electrons. The number of ether oxygens (including phenoxy) is 2. The first kappa shape index (κ1) is 17.9. The molecule has 0 aliphatic carbocycles. The average molecular weight is 258 g/mol. The van der Waals surface area contributed by atoms with Crippen LogP contribution in [0.15, 0.2) is 0 Å². The summed E-state index contributed by atoms with van der Waals surface area (Å²) in [5.41, 5.74) is 0. The number of hydrogen-bond acceptors (Lipinski definition) is 2. The maximum Gasteiger partial charge on any atom is 0.159 e. The first-order chi connectivity index (χ1) is 8.72. The van der Waals surface area contributed by atoms with Gasteiger partial charge in [0, 0.05) is 19.1 Å². The van der Waals surface area contributed by atoms with Crippen LogP contribution >= 0.6 is 0 Å². The van der Waals surface area contributed by atoms with Crippen molar-refractivity contribution in [3.63, 3.8) is 0 Å². The van der Waals surface area contributed by atoms with E-state index >= 15 is 0 Å². The van der Waals surface area contributed by atoms with Crippen molar-refractivity contribution in [1.82, 2.24) is 0 Å². The number of hydrogen-bond donors (Lipinski definition) is 0. The lowest BCUT2D eigenvalue weighted by atomic mass is 10.2. The third-order valence-corrected chi connectivity index (χ3v) is 3.10. The molecular formula is C16H34O2. The summed E-state index contributed by atoms with van der Waals surface area (Å²) in [4.78, 5) is 0. The third-order valence-electron chi connectivity index (χ3n) is 3.10. The molecule has 0 N–H and O–H groups in total. The Kier molecular flexibility index (Phi) is 13.3. The Morgan fingerprint density at radius 1 is 0.667 bits per heavy atom. The van der Waals surface area contributed by atoms with E-state index in [0.29, 0.717) is 5.92 Å². The zero-order valence-corrected chi connectivity index (χ0v) is 13.0. The summed E-state index contributed by atoms with van der Waals surface area (Å²) in [6.45, 7) is 10.5. The van der Waals surface area contributed by atoms with Crippen LogP contribution in [0.2, 0.25) is 0 Å². The molecule has 0 aromatic carbocycles. The summed E-state index contributed by atoms with van der Waals surface area (Å²) in [7, 11) is 0. The molecule has 0 amide bonds. The average Bonchev–Trinajstić information content (AvgIpc) is 2.35. The van der Waals surface area contributed by atoms with Gasteiger partial charge in [-0.3, -0.25) is 0 Å². The minimum atomic E-state index is -0.00625. The highest BCUT2D eigenvalue weighted by molar-refractivity contribution is 4.52. The highest BCUT2D eigenvalue weighted by Gasteiger charge is 2.13. The van der Waals surface area contributed by atoms with Crippen LogP contribution in [0.25, 0.3) is 0 Å². The van der Waals surface area contributed by atoms with Crippen molar-refractivity contribution in [2.75, 3.05) is 13.2 Å². The standard InChI is InChI=1S/C16H34O2/c1-5-7-9-11-13-17-16(15(3)4)18-14-12-10-8-6-2/h15-16H,5-14H2,1-4H3. The lowest BCUT2D eigenvalue weighted by Crippen LogP contribution is -2.24. The molecule has 0 saturated carbocycles. The molecular weight excluding hydrogens is 224 g/mol. The van der Waals surface area contributed by atoms with Crippen molar-refractivity contribution < 1.29 is 9.47 Å². The van der Waals surface area contributed by atoms with E-state index in [-0.39, 0.29) is 6.29 Å². The molecule has 0 spiro atoms. The van der Waals surface area contributed by atoms with Crippen LogP contribution in [0.1, 0.15) is 79.1 Å². The van der Waals surface area contributed by atoms with Crippen molar-refractivity contribution in [3.8, 4) is 0 Å². The topological polar surface area (TPSA) is 18.5 Å². The van der Waals surface area contributed by atoms with Crippen LogP contribution in [0.4, 0.5) is 0 Å². The third kappa shape index (κ3) is 11.0. The van der Waals surface area contributed by atoms with Gasteiger partial charge in [0.2, 0.25) is 0 Å². The second-order valence-corrected chi connectivity index (χ2v) is 5.48. The summed E-state index contributed by atoms with van der Waals surface area (Å²) in [5, 5.41) is 0. The van der Waals surface area contributed by atoms with E-state index in [1.807, 2.05) is 0 Å². The van der Waals surface area contributed by atoms with Crippen LogP contribution in [0.5, 0.6) is 0 Å². The Morgan fingerprint density at radius 2 is 1.11 bits per heavy atom. The van der Waals surface area contributed by atoms with Crippen molar-refractivity contribution >= 4 is 0 Å². The molecule has 2 nitrogen and oxygen atoms in total. The van der Waals surface area contributed by atoms with E-state index in [9.17, 15) is 0 Å². The van der Waals surface area contributed by atoms with Gasteiger partial charge in [-0.2, -0.15) is 0 Å². The first-order valence-corrected chi connectivity index (χ1v) is 7.95. The van der Waals surface area contributed by atoms with E-state index in [1.165, 1.54) is 38.5 Å². The zero-order valence-electron chi connectivity index (χ0n) is 13.0. The summed E-state index contributed by atoms with van der Waals surface area (Å²) in [5.74, 6) is 0.447. The van der Waals surface area contributed by atoms with Gasteiger partial charge in [0.25, 0.3) is 0 Å². The normalized spacial score (nSPS) is 11.7. The van der Waals surface area contributed by atoms with E-state index in [2.05, 4.69) is 27.7 Å². The maximum absolute atomic E-state index is 5.83. The molecule has 0 unspecified atom stereocenters. The Bertz CT molecular complexity index is 143. The zero-order chi connectivity index (χ0) is 13.6. The molecule has 0 fully saturated rings. The van der Waals surface area contributed by atoms with Crippen molar-refractivity contribution in [1.29, 1.82) is 0 Å². The lowest BCUT2D eigenvalue weighted by molar-refractivity contribution is -0.167. The molecule has 0 saturated heterocycles. The van der Waals surface area contributed by atoms with Gasteiger partial charge >= 0.3 is 0 Å². The van der Waals surface area contributed by atoms with Gasteiger partial charge in [0.15, 0.2) is 6.29 Å². The number of unbranched alkanes of at least 4 members (excludes halogenated alkanes) is 6. The Balaban J connectivity index is 3.53. The van der Waals surface area contributed by atoms with Gasteiger partial charge < -0.3 is 9.47 Å². The summed E-state index contributed by atoms with van der Waals surface area (Å²) < 4.78 is 11.7. The number of rotatable bonds is 13. The van der Waals surface area contributed by atoms with Crippen LogP contribution in [0.3, 0.4) is 0 Å². The highest BCUT2D eigenvalue weighted by Crippen LogP contribution is 2.11. The smallest absolute Gasteiger partial charge is 0.159 e. The van der Waals surface area contributed by atoms with Gasteiger partial charge in [-0.15, -0.1) is 0 Å². The monoisotopic (exact) mass is 258 g/mol. The predicted molar refractivity (Wildman–Crippen MR) is 78.8 cm³/mol. The minimum absolute atomic E-state index is 0.00625. The Morgan fingerprint density at radius 3 is 1.44 bits per heavy atom. The van der Waals surface area contributed by atoms with Crippen LogP contribution in [-0.4, -0.2) is 19.5 Å². The Labute approximate surface area is 114 Å². The highest BCUT2D eigenvalue weighted by atomic mass is 16.7. The fourth-order valence-corrected chi connectivity index (χ4v) is 1.89. The fraction of sp³-hybridized carbons (Fsp3) is 1.00. The van der Waals surface area contributed by atoms with Gasteiger partial charge in [-0.25, -0.2) is 0 Å². The molecule has 0 aliphatic heterocycles. The molecule has 0 aliphatic rings. The van der Waals surface area contributed by atoms with E-state index in [4.69, 9.17) is 9.47 Å². The second-order valence-electron chi connectivity index (χ2n) is 5.48. The van der Waals surface area contributed by atoms with E-state index in [0.717, 1.165) is 26.1 Å². The predicted octanol–water partition coefficient (Wildman–Crippen LogP) is 5.16. The lowest BCUT2D eigenvalue weighted by Gasteiger charge is -2.22. The molecule has 0 bridgehead atoms. The molecule has 0 rings (SSSR count). The first-order valence-electron chi connectivity index (χ1n) is 7.95. The molecule has 0 aromatic heterocycles. The fourth-order valence-electron chi connectivity index (χ4n) is 1.89. The van der Waals surface area contributed by atoms with Gasteiger partial charge in [0.1, 0.15) is 0 Å². The van der Waals surface area contributed by atoms with Crippen molar-refractivity contribution in [3.05, 3.63) is 0 Å². The van der Waals surface area contributed by atoms with Gasteiger partial charge in [-0.05, 0) is 12.8 Å². The van der Waals surface area contributed by atoms with Crippen LogP contribution in [0, 0.1) is 5.92 Å². The van der Waals surface area contributed by atoms with Gasteiger partial charge in [0.05, 0.1) is 0 Å². The molecule has 0 aromatic rings. The minimum Gasteiger partial charge on any atom is -0.352 e. The van der Waals surface area contributed by atoms with Crippen LogP contribution in [-0.2, 0) is 9.47 Å². The SMILES string of the molecule is CCCCCCOC(OCCCCCC)C(C)C. The van der Waals surface area contributed by atoms with Crippen molar-refractivity contribution in [2.45, 2.75) is 85.4 Å². The molecule has 0 radical (unpaired) electrons. The molecule has 0 atom stereocenters. The molecule has 2 heteroatoms. The summed E-state index contributed by atoms with van der Waals surface area (Å²) in [6, 6.07) is 0. The van der Waals surface area contributed by atoms with Crippen molar-refractivity contribution in [2.24, 2.45) is 5.92 Å². The maximum atomic E-state index is 5.83. The summed E-state index contributed by atoms with van der Waals surface area (Å²) >= 11 is 0. The molecule has 18 heavy (non-hydrogen) atoms. The Hall–Kier alpha value is -0.0800. The van der Waals surface area contributed by atoms with E-state index < -0.39 is 0 Å². The van der Waals surface area contributed by atoms with Crippen LogP contribution < -0.4 is 0 Å². The molecule has 0 heterocycles. The summed E-state index contributed by atoms with van der Waals surface area (Å²) in [6.07, 6.45) is 10.1. The second kappa shape index (κ2) is 13.4.